The number of phenols is 2. The topological polar surface area (TPSA) is 477 Å². The van der Waals surface area contributed by atoms with E-state index in [1.807, 2.05) is 193 Å². The first-order valence-corrected chi connectivity index (χ1v) is 49.3. The Morgan fingerprint density at radius 2 is 0.768 bits per heavy atom. The lowest BCUT2D eigenvalue weighted by atomic mass is 9.78. The summed E-state index contributed by atoms with van der Waals surface area (Å²) in [5, 5.41) is 59.2. The van der Waals surface area contributed by atoms with Crippen LogP contribution in [0.15, 0.2) is 210 Å². The summed E-state index contributed by atoms with van der Waals surface area (Å²) < 4.78 is 64.9. The van der Waals surface area contributed by atoms with E-state index in [1.165, 1.54) is 34.0 Å². The number of para-hydroxylation sites is 5. The Morgan fingerprint density at radius 1 is 0.442 bits per heavy atom. The van der Waals surface area contributed by atoms with Crippen LogP contribution in [-0.4, -0.2) is 169 Å². The van der Waals surface area contributed by atoms with Gasteiger partial charge in [-0.3, -0.25) is 47.6 Å². The number of aromatic hydroxyl groups is 2. The van der Waals surface area contributed by atoms with Gasteiger partial charge in [0, 0.05) is 118 Å². The number of rotatable bonds is 21. The van der Waals surface area contributed by atoms with Crippen molar-refractivity contribution >= 4 is 154 Å². The molecular formula is C96H108BBr2Cl3IN12O22P. The summed E-state index contributed by atoms with van der Waals surface area (Å²) in [4.78, 5) is 95.5. The fourth-order valence-corrected chi connectivity index (χ4v) is 15.4. The van der Waals surface area contributed by atoms with Gasteiger partial charge in [-0.15, -0.1) is 0 Å². The van der Waals surface area contributed by atoms with Crippen molar-refractivity contribution in [1.29, 1.82) is 0 Å². The molecule has 16 rings (SSSR count). The average Bonchev–Trinajstić information content (AvgIpc) is 1.60. The molecule has 5 unspecified atom stereocenters. The molecule has 0 aliphatic carbocycles. The quantitative estimate of drug-likeness (QED) is 0.0105. The SMILES string of the molecule is CC(C)=O.CC1(C)Oc2cccc(B3OC(C)(C)C(C)(C)O3)c2O1.CC1(C)Oc2cccc(Br)c2O1.ClP(Cl)Cl.Cn1cc(C(=O)NC(Cc2ccccc2)C(=O)C(N)=O)c(-c2cccc3c2OC(C)(C)O3)n1.Cn1cc(C(=O)NC(Cc2ccccc2)C(O)C(N)=O)c(-c2cccc3c2OC(C)(C)O3)n1.Cn1cc(C(=O)NC(Cc2ccccc2)C(O)C(N)=O)c(I)n1.Oc1cccc(Br)c1O. The largest absolute Gasteiger partial charge is 0.504 e. The number of carbonyl (C=O) groups excluding carboxylic acids is 8. The molecule has 0 bridgehead atoms. The summed E-state index contributed by atoms with van der Waals surface area (Å²) in [6, 6.07) is 51.6. The van der Waals surface area contributed by atoms with Crippen molar-refractivity contribution in [1.82, 2.24) is 45.3 Å². The number of halogens is 6. The molecule has 3 aromatic heterocycles. The van der Waals surface area contributed by atoms with E-state index >= 15 is 0 Å². The van der Waals surface area contributed by atoms with Crippen LogP contribution in [0, 0.1) is 3.70 Å². The minimum Gasteiger partial charge on any atom is -0.504 e. The summed E-state index contributed by atoms with van der Waals surface area (Å²) >= 11 is 23.0. The monoisotopic (exact) mass is 2210 g/mol. The van der Waals surface area contributed by atoms with Gasteiger partial charge in [0.25, 0.3) is 23.6 Å². The standard InChI is InChI=1S/C24H26N4O5.C24H24N4O5.C15H21BO4.C15H17IN4O3.C9H9BrO2.C6H5BrO2.C3H6O.Cl3P/c2*1-24(2)32-18-11-7-10-15(21(18)33-24)19-16(13-28(3)27-19)23(31)26-17(20(29)22(25)30)12-14-8-5-4-6-9-14;1-13(2)14(3,4)20-16(19-13)10-8-7-9-11-12(10)18-15(5,6)17-11;1-20-8-10(13(16)19-20)15(23)18-11(12(21)14(17)22)7-9-5-3-2-4-6-9;1-9(2)11-7-5-3-4-6(10)8(7)12-9;7-4-2-1-3-5(8)6(4)9;1-3(2)4;1-4(2)3/h4-11,13,17,20,29H,12H2,1-3H3,(H2,25,30)(H,26,31);4-11,13,17H,12H2,1-3H3,(H2,25,30)(H,26,31);7-9H,1-6H3;2-6,8,11-12,21H,7H2,1H3,(H2,17,22)(H,18,23);3-5H,1-2H3;1-3,8-9H;1-2H3;. The van der Waals surface area contributed by atoms with Crippen LogP contribution in [0.4, 0.5) is 0 Å². The number of nitrogens with one attached hydrogen (secondary N) is 3. The van der Waals surface area contributed by atoms with Gasteiger partial charge in [-0.25, -0.2) is 0 Å². The van der Waals surface area contributed by atoms with Gasteiger partial charge in [0.05, 0.1) is 48.9 Å². The summed E-state index contributed by atoms with van der Waals surface area (Å²) in [7, 11) is 4.65. The van der Waals surface area contributed by atoms with Crippen molar-refractivity contribution in [2.45, 2.75) is 181 Å². The number of benzene rings is 8. The summed E-state index contributed by atoms with van der Waals surface area (Å²) in [5.41, 5.74) is 21.1. The van der Waals surface area contributed by atoms with Crippen molar-refractivity contribution in [2.75, 3.05) is 0 Å². The molecule has 138 heavy (non-hydrogen) atoms. The lowest BCUT2D eigenvalue weighted by Crippen LogP contribution is -2.50. The molecule has 5 atom stereocenters. The molecular weight excluding hydrogens is 2110 g/mol. The first-order chi connectivity index (χ1) is 64.5. The van der Waals surface area contributed by atoms with Crippen LogP contribution >= 0.6 is 94.2 Å². The number of primary amides is 3. The highest BCUT2D eigenvalue weighted by atomic mass is 127. The van der Waals surface area contributed by atoms with Gasteiger partial charge in [0.1, 0.15) is 26.9 Å². The summed E-state index contributed by atoms with van der Waals surface area (Å²) in [5.74, 6) is -4.30. The number of amides is 6. The van der Waals surface area contributed by atoms with E-state index in [9.17, 15) is 48.6 Å². The number of ketones is 2. The van der Waals surface area contributed by atoms with Gasteiger partial charge >= 0.3 is 7.12 Å². The van der Waals surface area contributed by atoms with Crippen LogP contribution in [0.1, 0.15) is 145 Å². The number of carbonyl (C=O) groups is 8. The highest BCUT2D eigenvalue weighted by Crippen LogP contribution is 2.52. The third-order valence-electron chi connectivity index (χ3n) is 20.6. The number of aryl methyl sites for hydroxylation is 3. The normalized spacial score (nSPS) is 15.7. The lowest BCUT2D eigenvalue weighted by molar-refractivity contribution is -0.137. The molecule has 1 fully saturated rings. The molecule has 42 heteroatoms. The molecule has 11 aromatic rings. The van der Waals surface area contributed by atoms with E-state index in [0.717, 1.165) is 49.6 Å². The predicted octanol–water partition coefficient (Wildman–Crippen LogP) is 14.8. The molecule has 8 heterocycles. The Morgan fingerprint density at radius 3 is 1.14 bits per heavy atom. The Labute approximate surface area is 844 Å². The Kier molecular flexibility index (Phi) is 37.8. The van der Waals surface area contributed by atoms with Crippen LogP contribution in [0.5, 0.6) is 57.5 Å². The van der Waals surface area contributed by atoms with Crippen LogP contribution in [-0.2, 0) is 73.7 Å². The van der Waals surface area contributed by atoms with Gasteiger partial charge in [-0.05, 0) is 180 Å². The first-order valence-electron chi connectivity index (χ1n) is 42.6. The van der Waals surface area contributed by atoms with Crippen LogP contribution in [0.25, 0.3) is 22.5 Å². The van der Waals surface area contributed by atoms with Crippen molar-refractivity contribution in [3.8, 4) is 80.0 Å². The van der Waals surface area contributed by atoms with Crippen LogP contribution in [0.2, 0.25) is 0 Å². The van der Waals surface area contributed by atoms with E-state index < -0.39 is 108 Å². The molecule has 1 saturated heterocycles. The van der Waals surface area contributed by atoms with Gasteiger partial charge in [0.15, 0.2) is 75.7 Å². The molecule has 8 aromatic carbocycles. The van der Waals surface area contributed by atoms with Crippen molar-refractivity contribution in [3.05, 3.63) is 247 Å². The summed E-state index contributed by atoms with van der Waals surface area (Å²) in [6.45, 7) is 25.9. The molecule has 6 amide bonds. The molecule has 0 saturated carbocycles. The second-order valence-electron chi connectivity index (χ2n) is 34.5. The minimum absolute atomic E-state index is 0.107. The number of hydrogen-bond donors (Lipinski definition) is 10. The second-order valence-corrected chi connectivity index (χ2v) is 42.2. The van der Waals surface area contributed by atoms with E-state index in [-0.39, 0.29) is 58.9 Å². The zero-order valence-corrected chi connectivity index (χ0v) is 86.9. The first kappa shape index (κ1) is 110. The number of aromatic nitrogens is 6. The highest BCUT2D eigenvalue weighted by molar-refractivity contribution is 14.1. The Hall–Kier alpha value is -11.6. The second kappa shape index (κ2) is 47.4. The number of aliphatic hydroxyl groups excluding tert-OH is 2. The van der Waals surface area contributed by atoms with Crippen molar-refractivity contribution in [3.63, 3.8) is 0 Å². The molecule has 734 valence electrons. The number of aliphatic hydroxyl groups is 2. The minimum atomic E-state index is -1.56. The zero-order chi connectivity index (χ0) is 102. The number of fused-ring (bicyclic) bond motifs is 4. The lowest BCUT2D eigenvalue weighted by Gasteiger charge is -2.32. The van der Waals surface area contributed by atoms with Crippen LogP contribution < -0.4 is 76.5 Å². The summed E-state index contributed by atoms with van der Waals surface area (Å²) in [6.07, 6.45) is 2.27. The third-order valence-corrected chi connectivity index (χ3v) is 22.7. The van der Waals surface area contributed by atoms with E-state index in [1.54, 1.807) is 128 Å². The van der Waals surface area contributed by atoms with Crippen LogP contribution in [0.3, 0.4) is 0 Å². The van der Waals surface area contributed by atoms with Gasteiger partial charge < -0.3 is 106 Å². The fraction of sp³-hybridized carbons (Fsp3) is 0.323. The number of nitrogens with zero attached hydrogens (tertiary/aromatic N) is 6. The molecule has 34 nitrogen and oxygen atoms in total. The molecule has 0 radical (unpaired) electrons. The molecule has 13 N–H and O–H groups in total. The van der Waals surface area contributed by atoms with Gasteiger partial charge in [-0.2, -0.15) is 15.3 Å². The Bertz CT molecular complexity index is 6140. The van der Waals surface area contributed by atoms with E-state index in [0.29, 0.717) is 59.2 Å². The number of Topliss-reactive ketones (excluding diaryl/α,β-unsaturated/α-hetero) is 2. The smallest absolute Gasteiger partial charge is 0.498 e. The van der Waals surface area contributed by atoms with Crippen molar-refractivity contribution in [2.24, 2.45) is 38.3 Å². The van der Waals surface area contributed by atoms with Gasteiger partial charge in [-0.1, -0.05) is 161 Å². The number of phenolic OH excluding ortho intramolecular Hbond substituents is 2. The third kappa shape index (κ3) is 30.5. The van der Waals surface area contributed by atoms with E-state index in [2.05, 4.69) is 63.1 Å². The zero-order valence-electron chi connectivity index (χ0n) is 78.4. The van der Waals surface area contributed by atoms with Gasteiger partial charge in [0.2, 0.25) is 40.7 Å². The van der Waals surface area contributed by atoms with Crippen molar-refractivity contribution < 1.29 is 106 Å². The number of nitrogens with two attached hydrogens (primary N) is 3. The number of hydrogen-bond acceptors (Lipinski definition) is 25. The van der Waals surface area contributed by atoms with E-state index in [4.69, 9.17) is 108 Å². The molecule has 0 spiro atoms. The highest BCUT2D eigenvalue weighted by Gasteiger charge is 2.54. The maximum atomic E-state index is 13.3. The fourth-order valence-electron chi connectivity index (χ4n) is 13.8. The number of ether oxygens (including phenoxy) is 8. The average molecular weight is 2220 g/mol. The molecule has 5 aliphatic heterocycles. The maximum absolute atomic E-state index is 13.3. The Balaban J connectivity index is 0.000000190. The molecule has 5 aliphatic rings. The predicted molar refractivity (Wildman–Crippen MR) is 538 cm³/mol. The maximum Gasteiger partial charge on any atom is 0.498 e.